The number of methoxy groups -OCH3 is 1. The number of carbonyl (C=O) groups excluding carboxylic acids is 2. The number of amides is 1. The highest BCUT2D eigenvalue weighted by atomic mass is 35.5. The van der Waals surface area contributed by atoms with Crippen molar-refractivity contribution in [3.05, 3.63) is 45.1 Å². The smallest absolute Gasteiger partial charge is 0.346 e. The number of halogens is 1. The Labute approximate surface area is 154 Å². The average Bonchev–Trinajstić information content (AvgIpc) is 2.79. The van der Waals surface area contributed by atoms with E-state index in [-0.39, 0.29) is 28.5 Å². The molecule has 1 amide bonds. The van der Waals surface area contributed by atoms with Crippen molar-refractivity contribution in [2.75, 3.05) is 12.4 Å². The quantitative estimate of drug-likeness (QED) is 0.819. The van der Waals surface area contributed by atoms with E-state index in [1.165, 1.54) is 25.3 Å². The van der Waals surface area contributed by atoms with Gasteiger partial charge in [0, 0.05) is 13.0 Å². The van der Waals surface area contributed by atoms with Crippen LogP contribution in [0, 0.1) is 0 Å². The Morgan fingerprint density at radius 1 is 1.31 bits per heavy atom. The molecule has 138 valence electrons. The van der Waals surface area contributed by atoms with Gasteiger partial charge in [-0.25, -0.2) is 14.3 Å². The third-order valence-corrected chi connectivity index (χ3v) is 4.57. The number of hydrogen-bond acceptors (Lipinski definition) is 5. The fourth-order valence-corrected chi connectivity index (χ4v) is 3.08. The minimum Gasteiger partial charge on any atom is -0.465 e. The normalized spacial score (nSPS) is 13.6. The summed E-state index contributed by atoms with van der Waals surface area (Å²) in [5.41, 5.74) is 0.248. The van der Waals surface area contributed by atoms with Crippen LogP contribution in [0.15, 0.2) is 23.0 Å². The van der Waals surface area contributed by atoms with Gasteiger partial charge in [-0.1, -0.05) is 18.0 Å². The molecule has 2 aromatic rings. The molecule has 0 bridgehead atoms. The summed E-state index contributed by atoms with van der Waals surface area (Å²) in [5.74, 6) is -0.276. The van der Waals surface area contributed by atoms with Crippen LogP contribution in [-0.2, 0) is 29.0 Å². The third kappa shape index (κ3) is 3.80. The maximum Gasteiger partial charge on any atom is 0.346 e. The number of esters is 1. The second-order valence-corrected chi connectivity index (χ2v) is 6.46. The van der Waals surface area contributed by atoms with Crippen molar-refractivity contribution in [2.24, 2.45) is 0 Å². The summed E-state index contributed by atoms with van der Waals surface area (Å²) in [4.78, 5) is 36.3. The maximum absolute atomic E-state index is 12.4. The summed E-state index contributed by atoms with van der Waals surface area (Å²) in [6.07, 6.45) is 3.72. The maximum atomic E-state index is 12.4. The van der Waals surface area contributed by atoms with Gasteiger partial charge in [0.2, 0.25) is 5.91 Å². The van der Waals surface area contributed by atoms with Crippen LogP contribution in [0.5, 0.6) is 0 Å². The molecule has 8 nitrogen and oxygen atoms in total. The molecule has 0 saturated carbocycles. The number of nitrogens with one attached hydrogen (secondary N) is 1. The Morgan fingerprint density at radius 2 is 2.12 bits per heavy atom. The van der Waals surface area contributed by atoms with Crippen LogP contribution in [0.4, 0.5) is 5.69 Å². The summed E-state index contributed by atoms with van der Waals surface area (Å²) < 4.78 is 7.44. The number of aromatic nitrogens is 3. The third-order valence-electron chi connectivity index (χ3n) is 4.24. The van der Waals surface area contributed by atoms with Crippen molar-refractivity contribution in [3.8, 4) is 0 Å². The van der Waals surface area contributed by atoms with Crippen molar-refractivity contribution in [3.63, 3.8) is 0 Å². The molecular weight excluding hydrogens is 360 g/mol. The van der Waals surface area contributed by atoms with Gasteiger partial charge in [-0.05, 0) is 31.0 Å². The fourth-order valence-electron chi connectivity index (χ4n) is 2.92. The first-order valence-electron chi connectivity index (χ1n) is 8.34. The van der Waals surface area contributed by atoms with Crippen molar-refractivity contribution in [1.29, 1.82) is 0 Å². The van der Waals surface area contributed by atoms with Gasteiger partial charge < -0.3 is 10.1 Å². The zero-order chi connectivity index (χ0) is 18.7. The van der Waals surface area contributed by atoms with Crippen molar-refractivity contribution < 1.29 is 14.3 Å². The van der Waals surface area contributed by atoms with Crippen LogP contribution in [0.25, 0.3) is 0 Å². The fraction of sp³-hybridized carbons (Fsp3) is 0.412. The molecule has 0 atom stereocenters. The first-order valence-corrected chi connectivity index (χ1v) is 8.71. The number of carbonyl (C=O) groups is 2. The number of aryl methyl sites for hydroxylation is 1. The molecule has 0 fully saturated rings. The van der Waals surface area contributed by atoms with Crippen LogP contribution >= 0.6 is 11.6 Å². The highest BCUT2D eigenvalue weighted by Crippen LogP contribution is 2.23. The predicted octanol–water partition coefficient (Wildman–Crippen LogP) is 1.85. The molecule has 1 aliphatic rings. The lowest BCUT2D eigenvalue weighted by Gasteiger charge is -2.08. The van der Waals surface area contributed by atoms with Crippen LogP contribution in [0.2, 0.25) is 5.02 Å². The molecule has 1 aliphatic heterocycles. The molecule has 0 saturated heterocycles. The van der Waals surface area contributed by atoms with Crippen LogP contribution in [-0.4, -0.2) is 33.3 Å². The van der Waals surface area contributed by atoms with E-state index in [0.29, 0.717) is 12.4 Å². The molecule has 1 aromatic carbocycles. The summed E-state index contributed by atoms with van der Waals surface area (Å²) in [6, 6.07) is 4.42. The van der Waals surface area contributed by atoms with E-state index in [0.717, 1.165) is 30.4 Å². The van der Waals surface area contributed by atoms with Gasteiger partial charge in [0.05, 0.1) is 23.4 Å². The molecule has 0 radical (unpaired) electrons. The molecule has 0 spiro atoms. The van der Waals surface area contributed by atoms with Crippen LogP contribution in [0.3, 0.4) is 0 Å². The molecule has 26 heavy (non-hydrogen) atoms. The Hall–Kier alpha value is -2.61. The SMILES string of the molecule is COC(=O)c1ccc(Cl)c(NC(=O)Cn2nc3n(c2=O)CCCCC3)c1. The van der Waals surface area contributed by atoms with Crippen molar-refractivity contribution >= 4 is 29.2 Å². The van der Waals surface area contributed by atoms with Gasteiger partial charge in [0.1, 0.15) is 12.4 Å². The van der Waals surface area contributed by atoms with Gasteiger partial charge in [-0.3, -0.25) is 9.36 Å². The summed E-state index contributed by atoms with van der Waals surface area (Å²) >= 11 is 6.07. The highest BCUT2D eigenvalue weighted by molar-refractivity contribution is 6.33. The van der Waals surface area contributed by atoms with Gasteiger partial charge >= 0.3 is 11.7 Å². The first-order chi connectivity index (χ1) is 12.5. The van der Waals surface area contributed by atoms with E-state index in [4.69, 9.17) is 11.6 Å². The molecule has 1 aromatic heterocycles. The van der Waals surface area contributed by atoms with E-state index >= 15 is 0 Å². The van der Waals surface area contributed by atoms with Crippen molar-refractivity contribution in [2.45, 2.75) is 38.8 Å². The van der Waals surface area contributed by atoms with Crippen molar-refractivity contribution in [1.82, 2.24) is 14.3 Å². The van der Waals surface area contributed by atoms with Crippen LogP contribution in [0.1, 0.15) is 35.4 Å². The van der Waals surface area contributed by atoms with Gasteiger partial charge in [0.15, 0.2) is 0 Å². The largest absolute Gasteiger partial charge is 0.465 e. The van der Waals surface area contributed by atoms with Gasteiger partial charge in [-0.15, -0.1) is 0 Å². The van der Waals surface area contributed by atoms with E-state index < -0.39 is 11.9 Å². The second-order valence-electron chi connectivity index (χ2n) is 6.05. The number of nitrogens with zero attached hydrogens (tertiary/aromatic N) is 3. The molecule has 0 unspecified atom stereocenters. The van der Waals surface area contributed by atoms with Crippen LogP contribution < -0.4 is 11.0 Å². The number of anilines is 1. The lowest BCUT2D eigenvalue weighted by atomic mass is 10.2. The molecule has 0 aliphatic carbocycles. The first kappa shape index (κ1) is 18.2. The Bertz CT molecular complexity index is 903. The number of benzene rings is 1. The Balaban J connectivity index is 1.76. The lowest BCUT2D eigenvalue weighted by molar-refractivity contribution is -0.117. The zero-order valence-electron chi connectivity index (χ0n) is 14.3. The predicted molar refractivity (Wildman–Crippen MR) is 95.5 cm³/mol. The average molecular weight is 379 g/mol. The molecular formula is C17H19ClN4O4. The highest BCUT2D eigenvalue weighted by Gasteiger charge is 2.18. The van der Waals surface area contributed by atoms with Gasteiger partial charge in [0.25, 0.3) is 0 Å². The minimum absolute atomic E-state index is 0.225. The molecule has 1 N–H and O–H groups in total. The van der Waals surface area contributed by atoms with E-state index in [9.17, 15) is 14.4 Å². The number of ether oxygens (including phenoxy) is 1. The number of fused-ring (bicyclic) bond motifs is 1. The molecule has 2 heterocycles. The number of hydrogen-bond donors (Lipinski definition) is 1. The zero-order valence-corrected chi connectivity index (χ0v) is 15.1. The summed E-state index contributed by atoms with van der Waals surface area (Å²) in [5, 5.41) is 7.16. The lowest BCUT2D eigenvalue weighted by Crippen LogP contribution is -2.30. The topological polar surface area (TPSA) is 95.2 Å². The van der Waals surface area contributed by atoms with E-state index in [1.54, 1.807) is 4.57 Å². The molecule has 3 rings (SSSR count). The Kier molecular flexibility index (Phi) is 5.41. The van der Waals surface area contributed by atoms with E-state index in [1.807, 2.05) is 0 Å². The monoisotopic (exact) mass is 378 g/mol. The summed E-state index contributed by atoms with van der Waals surface area (Å²) in [7, 11) is 1.27. The summed E-state index contributed by atoms with van der Waals surface area (Å²) in [6.45, 7) is 0.403. The minimum atomic E-state index is -0.536. The molecule has 9 heteroatoms. The van der Waals surface area contributed by atoms with Gasteiger partial charge in [-0.2, -0.15) is 5.10 Å². The second kappa shape index (κ2) is 7.74. The van der Waals surface area contributed by atoms with E-state index in [2.05, 4.69) is 15.2 Å². The standard InChI is InChI=1S/C17H19ClN4O4/c1-26-16(24)11-6-7-12(18)13(9-11)19-15(23)10-22-17(25)21-8-4-2-3-5-14(21)20-22/h6-7,9H,2-5,8,10H2,1H3,(H,19,23). The number of rotatable bonds is 4. The Morgan fingerprint density at radius 3 is 2.88 bits per heavy atom.